The molecule has 7 heteroatoms. The summed E-state index contributed by atoms with van der Waals surface area (Å²) in [5.41, 5.74) is 5.17. The average Bonchev–Trinajstić information content (AvgIpc) is 3.24. The summed E-state index contributed by atoms with van der Waals surface area (Å²) < 4.78 is 6.05. The van der Waals surface area contributed by atoms with Crippen LogP contribution in [-0.4, -0.2) is 32.6 Å². The Bertz CT molecular complexity index is 1270. The van der Waals surface area contributed by atoms with Crippen molar-refractivity contribution in [3.63, 3.8) is 0 Å². The number of nitrogens with zero attached hydrogens (tertiary/aromatic N) is 3. The lowest BCUT2D eigenvalue weighted by Gasteiger charge is -2.14. The number of benzene rings is 2. The van der Waals surface area contributed by atoms with E-state index in [1.54, 1.807) is 29.8 Å². The van der Waals surface area contributed by atoms with E-state index in [4.69, 9.17) is 14.8 Å². The Hall–Kier alpha value is -3.58. The minimum atomic E-state index is -0.785. The fourth-order valence-corrected chi connectivity index (χ4v) is 4.82. The van der Waals surface area contributed by atoms with Crippen LogP contribution in [0.15, 0.2) is 60.9 Å². The van der Waals surface area contributed by atoms with Gasteiger partial charge in [0.05, 0.1) is 12.3 Å². The summed E-state index contributed by atoms with van der Waals surface area (Å²) >= 11 is 1.69. The lowest BCUT2D eigenvalue weighted by Crippen LogP contribution is -2.09. The molecule has 0 spiro atoms. The number of aromatic nitrogens is 3. The second-order valence-electron chi connectivity index (χ2n) is 8.30. The highest BCUT2D eigenvalue weighted by atomic mass is 32.1. The molecule has 6 nitrogen and oxygen atoms in total. The summed E-state index contributed by atoms with van der Waals surface area (Å²) in [5.74, 6) is 0.845. The quantitative estimate of drug-likeness (QED) is 0.317. The van der Waals surface area contributed by atoms with Crippen molar-refractivity contribution in [1.29, 1.82) is 0 Å². The number of rotatable bonds is 9. The van der Waals surface area contributed by atoms with Gasteiger partial charge in [0.15, 0.2) is 5.82 Å². The van der Waals surface area contributed by atoms with Crippen LogP contribution < -0.4 is 4.74 Å². The van der Waals surface area contributed by atoms with Crippen molar-refractivity contribution in [2.45, 2.75) is 39.5 Å². The minimum Gasteiger partial charge on any atom is -0.493 e. The summed E-state index contributed by atoms with van der Waals surface area (Å²) in [6.07, 6.45) is 4.14. The third kappa shape index (κ3) is 5.66. The largest absolute Gasteiger partial charge is 0.493 e. The standard InChI is InChI=1S/C27H27N3O3S/c1-17-15-23(11-9-20(17)10-12-24(31)32)33-16-18(2)25-19(3)34-27(30-25)22-7-5-21(6-8-22)26-28-13-4-14-29-26/h4-9,11,13-15,18H,10,12,16H2,1-3H3,(H,31,32)/t18-/m0/s1. The normalized spacial score (nSPS) is 11.9. The number of carboxylic acids is 1. The molecule has 0 aliphatic rings. The van der Waals surface area contributed by atoms with Gasteiger partial charge in [-0.3, -0.25) is 4.79 Å². The van der Waals surface area contributed by atoms with Gasteiger partial charge < -0.3 is 9.84 Å². The smallest absolute Gasteiger partial charge is 0.303 e. The van der Waals surface area contributed by atoms with E-state index in [0.29, 0.717) is 18.9 Å². The van der Waals surface area contributed by atoms with Crippen LogP contribution in [-0.2, 0) is 11.2 Å². The summed E-state index contributed by atoms with van der Waals surface area (Å²) in [6.45, 7) is 6.72. The van der Waals surface area contributed by atoms with Crippen molar-refractivity contribution in [3.05, 3.63) is 82.6 Å². The maximum atomic E-state index is 10.8. The Balaban J connectivity index is 1.41. The van der Waals surface area contributed by atoms with Crippen LogP contribution in [0.3, 0.4) is 0 Å². The number of hydrogen-bond donors (Lipinski definition) is 1. The molecule has 4 rings (SSSR count). The molecule has 0 unspecified atom stereocenters. The van der Waals surface area contributed by atoms with Gasteiger partial charge in [-0.05, 0) is 49.6 Å². The Morgan fingerprint density at radius 2 is 1.76 bits per heavy atom. The fourth-order valence-electron chi connectivity index (χ4n) is 3.78. The molecule has 0 radical (unpaired) electrons. The molecule has 0 saturated carbocycles. The van der Waals surface area contributed by atoms with Crippen LogP contribution in [0.2, 0.25) is 0 Å². The molecule has 0 saturated heterocycles. The van der Waals surface area contributed by atoms with E-state index in [1.165, 1.54) is 4.88 Å². The third-order valence-corrected chi connectivity index (χ3v) is 6.71. The molecule has 2 heterocycles. The zero-order valence-corrected chi connectivity index (χ0v) is 20.3. The van der Waals surface area contributed by atoms with Gasteiger partial charge in [0.1, 0.15) is 10.8 Å². The van der Waals surface area contributed by atoms with Gasteiger partial charge in [-0.15, -0.1) is 11.3 Å². The van der Waals surface area contributed by atoms with Gasteiger partial charge in [-0.2, -0.15) is 0 Å². The third-order valence-electron chi connectivity index (χ3n) is 5.68. The first-order chi connectivity index (χ1) is 16.4. The zero-order valence-electron chi connectivity index (χ0n) is 19.5. The van der Waals surface area contributed by atoms with Gasteiger partial charge >= 0.3 is 5.97 Å². The maximum absolute atomic E-state index is 10.8. The number of aliphatic carboxylic acids is 1. The monoisotopic (exact) mass is 473 g/mol. The van der Waals surface area contributed by atoms with E-state index in [-0.39, 0.29) is 12.3 Å². The number of aryl methyl sites for hydroxylation is 3. The van der Waals surface area contributed by atoms with Crippen molar-refractivity contribution >= 4 is 17.3 Å². The zero-order chi connectivity index (χ0) is 24.1. The topological polar surface area (TPSA) is 85.2 Å². The Morgan fingerprint density at radius 1 is 1.06 bits per heavy atom. The van der Waals surface area contributed by atoms with Crippen molar-refractivity contribution < 1.29 is 14.6 Å². The van der Waals surface area contributed by atoms with E-state index in [1.807, 2.05) is 37.3 Å². The number of hydrogen-bond acceptors (Lipinski definition) is 6. The highest BCUT2D eigenvalue weighted by Gasteiger charge is 2.17. The summed E-state index contributed by atoms with van der Waals surface area (Å²) in [4.78, 5) is 25.5. The highest BCUT2D eigenvalue weighted by Crippen LogP contribution is 2.32. The predicted octanol–water partition coefficient (Wildman–Crippen LogP) is 6.08. The van der Waals surface area contributed by atoms with E-state index in [0.717, 1.165) is 38.7 Å². The first kappa shape index (κ1) is 23.6. The maximum Gasteiger partial charge on any atom is 0.303 e. The van der Waals surface area contributed by atoms with Crippen molar-refractivity contribution in [2.24, 2.45) is 0 Å². The number of carbonyl (C=O) groups is 1. The number of carboxylic acid groups (broad SMARTS) is 1. The van der Waals surface area contributed by atoms with E-state index in [9.17, 15) is 4.79 Å². The molecule has 0 amide bonds. The summed E-state index contributed by atoms with van der Waals surface area (Å²) in [5, 5.41) is 9.88. The number of ether oxygens (including phenoxy) is 1. The van der Waals surface area contributed by atoms with Gasteiger partial charge in [0.25, 0.3) is 0 Å². The van der Waals surface area contributed by atoms with Crippen LogP contribution >= 0.6 is 11.3 Å². The fraction of sp³-hybridized carbons (Fsp3) is 0.259. The van der Waals surface area contributed by atoms with E-state index >= 15 is 0 Å². The Labute approximate surface area is 203 Å². The second kappa shape index (κ2) is 10.6. The SMILES string of the molecule is Cc1cc(OC[C@H](C)c2nc(-c3ccc(-c4ncccn4)cc3)sc2C)ccc1CCC(=O)O. The van der Waals surface area contributed by atoms with Gasteiger partial charge in [-0.1, -0.05) is 37.3 Å². The van der Waals surface area contributed by atoms with Crippen molar-refractivity contribution in [1.82, 2.24) is 15.0 Å². The molecule has 34 heavy (non-hydrogen) atoms. The van der Waals surface area contributed by atoms with E-state index in [2.05, 4.69) is 35.9 Å². The van der Waals surface area contributed by atoms with Gasteiger partial charge in [-0.25, -0.2) is 15.0 Å². The average molecular weight is 474 g/mol. The molecule has 4 aromatic rings. The molecule has 174 valence electrons. The van der Waals surface area contributed by atoms with Gasteiger partial charge in [0.2, 0.25) is 0 Å². The van der Waals surface area contributed by atoms with Crippen LogP contribution in [0.1, 0.15) is 41.0 Å². The lowest BCUT2D eigenvalue weighted by atomic mass is 10.0. The molecule has 0 fully saturated rings. The Kier molecular flexibility index (Phi) is 7.33. The minimum absolute atomic E-state index is 0.131. The van der Waals surface area contributed by atoms with E-state index < -0.39 is 5.97 Å². The molecule has 0 aliphatic heterocycles. The van der Waals surface area contributed by atoms with Crippen LogP contribution in [0.4, 0.5) is 0 Å². The summed E-state index contributed by atoms with van der Waals surface area (Å²) in [7, 11) is 0. The van der Waals surface area contributed by atoms with Crippen molar-refractivity contribution in [3.8, 4) is 27.7 Å². The van der Waals surface area contributed by atoms with Crippen LogP contribution in [0.5, 0.6) is 5.75 Å². The first-order valence-corrected chi connectivity index (χ1v) is 12.0. The number of thiazole rings is 1. The molecule has 2 aromatic heterocycles. The first-order valence-electron chi connectivity index (χ1n) is 11.2. The summed E-state index contributed by atoms with van der Waals surface area (Å²) in [6, 6.07) is 15.8. The molecular formula is C27H27N3O3S. The molecule has 1 atom stereocenters. The Morgan fingerprint density at radius 3 is 2.44 bits per heavy atom. The lowest BCUT2D eigenvalue weighted by molar-refractivity contribution is -0.136. The van der Waals surface area contributed by atoms with Crippen molar-refractivity contribution in [2.75, 3.05) is 6.61 Å². The molecule has 0 aliphatic carbocycles. The van der Waals surface area contributed by atoms with Crippen LogP contribution in [0.25, 0.3) is 22.0 Å². The van der Waals surface area contributed by atoms with Gasteiger partial charge in [0, 0.05) is 40.7 Å². The molecule has 2 aromatic carbocycles. The predicted molar refractivity (Wildman–Crippen MR) is 134 cm³/mol. The van der Waals surface area contributed by atoms with Crippen LogP contribution in [0, 0.1) is 13.8 Å². The molecule has 1 N–H and O–H groups in total. The highest BCUT2D eigenvalue weighted by molar-refractivity contribution is 7.15. The molecule has 0 bridgehead atoms. The second-order valence-corrected chi connectivity index (χ2v) is 9.51. The molecular weight excluding hydrogens is 446 g/mol.